The molecule has 1 heterocycles. The number of aryl methyl sites for hydroxylation is 1. The molecule has 1 saturated carbocycles. The van der Waals surface area contributed by atoms with E-state index >= 15 is 0 Å². The van der Waals surface area contributed by atoms with E-state index in [4.69, 9.17) is 21.1 Å². The molecule has 1 spiro atoms. The van der Waals surface area contributed by atoms with Gasteiger partial charge in [0.2, 0.25) is 0 Å². The summed E-state index contributed by atoms with van der Waals surface area (Å²) >= 11 is 6.40. The van der Waals surface area contributed by atoms with Crippen LogP contribution in [0.1, 0.15) is 81.3 Å². The van der Waals surface area contributed by atoms with Gasteiger partial charge in [0.15, 0.2) is 0 Å². The molecule has 0 unspecified atom stereocenters. The van der Waals surface area contributed by atoms with Gasteiger partial charge in [-0.3, -0.25) is 0 Å². The Bertz CT molecular complexity index is 1250. The van der Waals surface area contributed by atoms with Gasteiger partial charge in [0.25, 0.3) is 0 Å². The lowest BCUT2D eigenvalue weighted by molar-refractivity contribution is -0.0695. The molecule has 0 bridgehead atoms. The molecule has 5 nitrogen and oxygen atoms in total. The van der Waals surface area contributed by atoms with Gasteiger partial charge in [-0.15, -0.1) is 6.58 Å². The highest BCUT2D eigenvalue weighted by molar-refractivity contribution is 6.30. The summed E-state index contributed by atoms with van der Waals surface area (Å²) in [5, 5.41) is 11.8. The average Bonchev–Trinajstić information content (AvgIpc) is 3.02. The number of halogens is 1. The van der Waals surface area contributed by atoms with E-state index in [1.54, 1.807) is 6.07 Å². The number of anilines is 1. The Morgan fingerprint density at radius 1 is 1.28 bits per heavy atom. The minimum atomic E-state index is -0.577. The second-order valence-electron chi connectivity index (χ2n) is 13.1. The van der Waals surface area contributed by atoms with Crippen LogP contribution in [0.5, 0.6) is 5.75 Å². The lowest BCUT2D eigenvalue weighted by atomic mass is 9.57. The standard InChI is InChI=1S/C33H42ClNO4/c1-6-8-29(36)32(5)16-14-24(32)19-35-20-33(15-7-9-22-17-25(34)11-12-26(22)33)21-38-28-13-10-23(18-27(28)35)30(37)39-31(2,3)4/h6,10-13,17-18,24,29,36H,1,7-9,14-16,19-21H2,2-5H3/t24-,29+,32-,33-/m0/s1. The monoisotopic (exact) mass is 551 g/mol. The van der Waals surface area contributed by atoms with Crippen molar-refractivity contribution in [3.05, 3.63) is 70.8 Å². The van der Waals surface area contributed by atoms with E-state index in [0.717, 1.165) is 61.7 Å². The zero-order valence-electron chi connectivity index (χ0n) is 23.8. The summed E-state index contributed by atoms with van der Waals surface area (Å²) in [4.78, 5) is 15.5. The van der Waals surface area contributed by atoms with Crippen LogP contribution >= 0.6 is 11.6 Å². The van der Waals surface area contributed by atoms with Gasteiger partial charge in [0, 0.05) is 23.5 Å². The number of hydrogen-bond acceptors (Lipinski definition) is 5. The zero-order chi connectivity index (χ0) is 28.0. The summed E-state index contributed by atoms with van der Waals surface area (Å²) < 4.78 is 12.3. The molecule has 0 radical (unpaired) electrons. The molecular weight excluding hydrogens is 510 g/mol. The minimum Gasteiger partial charge on any atom is -0.490 e. The van der Waals surface area contributed by atoms with Crippen LogP contribution in [0.25, 0.3) is 0 Å². The van der Waals surface area contributed by atoms with E-state index in [-0.39, 0.29) is 16.8 Å². The van der Waals surface area contributed by atoms with Crippen LogP contribution in [0.15, 0.2) is 49.1 Å². The highest BCUT2D eigenvalue weighted by Crippen LogP contribution is 2.52. The van der Waals surface area contributed by atoms with Crippen LogP contribution in [0.3, 0.4) is 0 Å². The number of esters is 1. The van der Waals surface area contributed by atoms with E-state index in [9.17, 15) is 9.90 Å². The van der Waals surface area contributed by atoms with Crippen molar-refractivity contribution in [2.45, 2.75) is 83.3 Å². The molecule has 6 heteroatoms. The number of rotatable bonds is 6. The quantitative estimate of drug-likeness (QED) is 0.306. The third-order valence-electron chi connectivity index (χ3n) is 9.23. The maximum Gasteiger partial charge on any atom is 0.338 e. The van der Waals surface area contributed by atoms with Crippen LogP contribution in [-0.4, -0.2) is 42.5 Å². The summed E-state index contributed by atoms with van der Waals surface area (Å²) in [6.07, 6.45) is 7.14. The highest BCUT2D eigenvalue weighted by Gasteiger charge is 2.49. The molecular formula is C33H42ClNO4. The Balaban J connectivity index is 1.54. The van der Waals surface area contributed by atoms with Gasteiger partial charge in [-0.05, 0) is 112 Å². The van der Waals surface area contributed by atoms with Crippen molar-refractivity contribution >= 4 is 23.3 Å². The molecule has 3 aliphatic rings. The Labute approximate surface area is 238 Å². The predicted octanol–water partition coefficient (Wildman–Crippen LogP) is 7.12. The Hall–Kier alpha value is -2.50. The second-order valence-corrected chi connectivity index (χ2v) is 13.5. The van der Waals surface area contributed by atoms with Crippen molar-refractivity contribution in [1.82, 2.24) is 0 Å². The molecule has 2 aromatic rings. The van der Waals surface area contributed by atoms with Gasteiger partial charge in [-0.25, -0.2) is 4.79 Å². The molecule has 39 heavy (non-hydrogen) atoms. The fourth-order valence-electron chi connectivity index (χ4n) is 6.81. The van der Waals surface area contributed by atoms with Crippen molar-refractivity contribution in [3.8, 4) is 5.75 Å². The number of nitrogens with zero attached hydrogens (tertiary/aromatic N) is 1. The molecule has 0 saturated heterocycles. The summed E-state index contributed by atoms with van der Waals surface area (Å²) in [7, 11) is 0. The van der Waals surface area contributed by atoms with Crippen molar-refractivity contribution < 1.29 is 19.4 Å². The topological polar surface area (TPSA) is 59.0 Å². The smallest absolute Gasteiger partial charge is 0.338 e. The second kappa shape index (κ2) is 10.5. The normalized spacial score (nSPS) is 26.9. The fourth-order valence-corrected chi connectivity index (χ4v) is 7.01. The first-order valence-electron chi connectivity index (χ1n) is 14.3. The third-order valence-corrected chi connectivity index (χ3v) is 9.46. The van der Waals surface area contributed by atoms with Crippen molar-refractivity contribution in [2.24, 2.45) is 11.3 Å². The summed E-state index contributed by atoms with van der Waals surface area (Å²) in [5.74, 6) is 0.763. The molecule has 4 atom stereocenters. The summed E-state index contributed by atoms with van der Waals surface area (Å²) in [6, 6.07) is 11.9. The maximum atomic E-state index is 13.0. The molecule has 5 rings (SSSR count). The van der Waals surface area contributed by atoms with Gasteiger partial charge in [0.05, 0.1) is 24.0 Å². The molecule has 1 N–H and O–H groups in total. The average molecular weight is 552 g/mol. The van der Waals surface area contributed by atoms with Gasteiger partial charge >= 0.3 is 5.97 Å². The van der Waals surface area contributed by atoms with Crippen LogP contribution in [0.2, 0.25) is 5.02 Å². The van der Waals surface area contributed by atoms with Gasteiger partial charge in [0.1, 0.15) is 11.4 Å². The molecule has 210 valence electrons. The first-order chi connectivity index (χ1) is 18.4. The van der Waals surface area contributed by atoms with Crippen LogP contribution in [0.4, 0.5) is 5.69 Å². The summed E-state index contributed by atoms with van der Waals surface area (Å²) in [5.41, 5.74) is 3.11. The van der Waals surface area contributed by atoms with E-state index < -0.39 is 11.7 Å². The Morgan fingerprint density at radius 2 is 2.08 bits per heavy atom. The Kier molecular flexibility index (Phi) is 7.54. The Morgan fingerprint density at radius 3 is 2.77 bits per heavy atom. The number of carbonyl (C=O) groups excluding carboxylic acids is 1. The SMILES string of the molecule is C=CC[C@@H](O)[C@@]1(C)CC[C@H]1CN1C[C@@]2(CCCc3cc(Cl)ccc32)COc2ccc(C(=O)OC(C)(C)C)cc21. The molecule has 2 aliphatic carbocycles. The van der Waals surface area contributed by atoms with Crippen LogP contribution in [0, 0.1) is 11.3 Å². The van der Waals surface area contributed by atoms with E-state index in [2.05, 4.69) is 30.5 Å². The van der Waals surface area contributed by atoms with Crippen LogP contribution in [-0.2, 0) is 16.6 Å². The first kappa shape index (κ1) is 28.0. The molecule has 0 aromatic heterocycles. The van der Waals surface area contributed by atoms with E-state index in [0.29, 0.717) is 24.5 Å². The fraction of sp³-hybridized carbons (Fsp3) is 0.545. The number of carbonyl (C=O) groups is 1. The number of aliphatic hydroxyl groups is 1. The number of ether oxygens (including phenoxy) is 2. The number of benzene rings is 2. The largest absolute Gasteiger partial charge is 0.490 e. The molecule has 1 fully saturated rings. The first-order valence-corrected chi connectivity index (χ1v) is 14.6. The summed E-state index contributed by atoms with van der Waals surface area (Å²) in [6.45, 7) is 13.8. The van der Waals surface area contributed by atoms with Crippen LogP contribution < -0.4 is 9.64 Å². The van der Waals surface area contributed by atoms with E-state index in [1.807, 2.05) is 45.0 Å². The zero-order valence-corrected chi connectivity index (χ0v) is 24.5. The van der Waals surface area contributed by atoms with Gasteiger partial charge in [-0.2, -0.15) is 0 Å². The van der Waals surface area contributed by atoms with Gasteiger partial charge < -0.3 is 19.5 Å². The van der Waals surface area contributed by atoms with Crippen molar-refractivity contribution in [2.75, 3.05) is 24.6 Å². The maximum absolute atomic E-state index is 13.0. The third kappa shape index (κ3) is 5.45. The van der Waals surface area contributed by atoms with Gasteiger partial charge in [-0.1, -0.05) is 30.7 Å². The molecule has 1 aliphatic heterocycles. The number of aliphatic hydroxyl groups excluding tert-OH is 1. The lowest BCUT2D eigenvalue weighted by Gasteiger charge is -2.52. The number of hydrogen-bond donors (Lipinski definition) is 1. The highest BCUT2D eigenvalue weighted by atomic mass is 35.5. The molecule has 2 aromatic carbocycles. The predicted molar refractivity (Wildman–Crippen MR) is 157 cm³/mol. The van der Waals surface area contributed by atoms with Crippen molar-refractivity contribution in [1.29, 1.82) is 0 Å². The number of fused-ring (bicyclic) bond motifs is 3. The van der Waals surface area contributed by atoms with Crippen molar-refractivity contribution in [3.63, 3.8) is 0 Å². The minimum absolute atomic E-state index is 0.171. The van der Waals surface area contributed by atoms with E-state index in [1.165, 1.54) is 11.1 Å². The lowest BCUT2D eigenvalue weighted by Crippen LogP contribution is -2.53. The molecule has 0 amide bonds.